The van der Waals surface area contributed by atoms with E-state index >= 15 is 0 Å². The fraction of sp³-hybridized carbons (Fsp3) is 0.950. The summed E-state index contributed by atoms with van der Waals surface area (Å²) in [5.41, 5.74) is 0. The van der Waals surface area contributed by atoms with Crippen LogP contribution in [0.2, 0.25) is 0 Å². The van der Waals surface area contributed by atoms with Gasteiger partial charge >= 0.3 is 0 Å². The molecular weight excluding hydrogens is 1940 g/mol. The maximum Gasteiger partial charge on any atom is 0.217 e. The predicted octanol–water partition coefficient (Wildman–Crippen LogP) is -23.5. The zero-order chi connectivity index (χ0) is 104. The summed E-state index contributed by atoms with van der Waals surface area (Å²) in [7, 11) is 0. The highest BCUT2D eigenvalue weighted by molar-refractivity contribution is 5.74. The molecule has 0 aromatic carbocycles. The predicted molar refractivity (Wildman–Crippen MR) is 437 cm³/mol. The summed E-state index contributed by atoms with van der Waals surface area (Å²) in [5.74, 6) is -3.98. The van der Waals surface area contributed by atoms with E-state index in [0.29, 0.717) is 0 Å². The van der Waals surface area contributed by atoms with E-state index in [1.54, 1.807) is 0 Å². The van der Waals surface area contributed by atoms with Crippen molar-refractivity contribution in [2.45, 2.75) is 417 Å². The molecule has 0 aliphatic carbocycles. The van der Waals surface area contributed by atoms with Crippen molar-refractivity contribution < 1.29 is 286 Å². The normalized spacial score (nSPS) is 50.9. The van der Waals surface area contributed by atoms with Gasteiger partial charge in [0.05, 0.1) is 77.8 Å². The SMILES string of the molecule is CC(=O)N[C@@H]1[C@H](O[C@@H]2[C@@H](O[C@@H]3[C@H](O)[C@H](O[C@H]4[C@H](O)[C@@H](NC(C)=O)[C@H](O[C@H]5[C@H](O)[C@@H](NC(C)=O)C(O)O[C@@H]5CO[C@@H]5O[C@@H](C)[C@@H](O)[C@@H](O)[C@@H]5O)O[C@@H]4CO)O[C@H](CO[C@H]4O[C@H](CO)[C@@H](O)[C@H](O)[C@@H]4O[C@@H]4O[C@H](CO)[C@@H](O[C@@H]5O[C@H](CO)[C@H](O)[C@H](O)[C@H]5O)[C@H](O)[C@H]4NC(C)=O)[C@H]3O)O[C@H](CO)[C@@H](O)[C@@H]2O)O[C@H](CO)[C@@H](O[C@@H]2O[C@H](CO)[C@H](O)[C@H](O)[C@H]2O[C@@H]2O[C@@H](C)[C@@H](O)[C@@H](O)[C@@H]2O)[C@@H]1O[C@@H]1O[C@@H](C)[C@@H](O)[C@@H](O)[C@@H]1O. The zero-order valence-corrected chi connectivity index (χ0v) is 76.9. The molecule has 0 aromatic rings. The minimum absolute atomic E-state index is 0.867. The van der Waals surface area contributed by atoms with Gasteiger partial charge in [0.25, 0.3) is 0 Å². The van der Waals surface area contributed by atoms with Gasteiger partial charge in [-0.1, -0.05) is 0 Å². The van der Waals surface area contributed by atoms with Crippen molar-refractivity contribution >= 4 is 23.6 Å². The molecule has 142 heavy (non-hydrogen) atoms. The summed E-state index contributed by atoms with van der Waals surface area (Å²) in [6.07, 6.45) is -119. The second-order valence-corrected chi connectivity index (χ2v) is 36.6. The standard InChI is InChI=1S/C80H134N4O58/c1-17-37(96)48(107)55(114)73(122-17)120-16-32-62(45(104)33(69(119)125-32)81-20(4)92)134-70-34(82-21(5)93)46(105)61(29(13-90)130-70)136-77-59(118)65(44(103)31(133-77)15-121-78-66(52(111)41(100)25(9-86)127-78)140-71-35(83-22(6)94)47(106)60(28(12-89)131-71)135-76-58(117)51(110)40(99)24(8-85)126-76)139-80-67(53(112)42(101)27(11-88)129-80)141-72-36(84-23(7)95)64(138-74-56(115)49(108)38(97)18(2)123-74)63(30(14-91)132-72)137-79-68(54(113)43(102)26(10-87)128-79)142-75-57(116)50(109)39(98)19(3)124-75/h17-19,24-80,85-91,96-119H,8-16H2,1-7H3,(H,81,92)(H,82,93)(H,83,94)(H,84,95)/t17-,18-,19-,24+,25+,26+,27+,28+,29+,30+,31+,32+,33+,34+,35+,36-,37+,38+,39+,40-,41+,42+,43-,44+,45+,46+,47+,48+,49+,50+,51-,52-,53-,54-,55-,56-,57-,58+,59-,60+,61+,62+,63+,64+,65-,66-,67-,68+,69?,70-,71-,72-,73+,74-,75-,76-,77-,78-,79-,80+/m0/s1. The van der Waals surface area contributed by atoms with E-state index in [1.807, 2.05) is 0 Å². The van der Waals surface area contributed by atoms with Crippen LogP contribution in [-0.2, 0) is 128 Å². The van der Waals surface area contributed by atoms with Crippen molar-refractivity contribution in [1.29, 1.82) is 0 Å². The van der Waals surface area contributed by atoms with Crippen molar-refractivity contribution in [1.82, 2.24) is 21.3 Å². The lowest BCUT2D eigenvalue weighted by Gasteiger charge is -2.52. The highest BCUT2D eigenvalue weighted by Gasteiger charge is 2.64. The molecule has 0 aromatic heterocycles. The number of carbonyl (C=O) groups excluding carboxylic acids is 4. The van der Waals surface area contributed by atoms with Gasteiger partial charge in [-0.05, 0) is 20.8 Å². The molecule has 35 N–H and O–H groups in total. The van der Waals surface area contributed by atoms with Crippen LogP contribution in [0, 0.1) is 0 Å². The number of ether oxygens (including phenoxy) is 23. The number of hydrogen-bond donors (Lipinski definition) is 35. The molecule has 12 aliphatic rings. The van der Waals surface area contributed by atoms with E-state index in [2.05, 4.69) is 21.3 Å². The number of aliphatic hydroxyl groups is 31. The summed E-state index contributed by atoms with van der Waals surface area (Å²) in [4.78, 5) is 52.9. The monoisotopic (exact) mass is 2080 g/mol. The number of aliphatic hydroxyl groups excluding tert-OH is 31. The molecule has 1 unspecified atom stereocenters. The molecule has 822 valence electrons. The van der Waals surface area contributed by atoms with E-state index in [9.17, 15) is 177 Å². The Morgan fingerprint density at radius 2 is 0.451 bits per heavy atom. The van der Waals surface area contributed by atoms with Crippen LogP contribution in [0.1, 0.15) is 48.5 Å². The lowest BCUT2D eigenvalue weighted by Crippen LogP contribution is -2.72. The molecule has 62 nitrogen and oxygen atoms in total. The first-order valence-electron chi connectivity index (χ1n) is 45.7. The fourth-order valence-corrected chi connectivity index (χ4v) is 18.6. The van der Waals surface area contributed by atoms with E-state index in [-0.39, 0.29) is 0 Å². The van der Waals surface area contributed by atoms with Crippen molar-refractivity contribution in [2.75, 3.05) is 59.5 Å². The Morgan fingerprint density at radius 1 is 0.197 bits per heavy atom. The molecule has 62 heteroatoms. The summed E-state index contributed by atoms with van der Waals surface area (Å²) in [6, 6.07) is -8.06. The number of amides is 4. The first-order chi connectivity index (χ1) is 67.1. The molecule has 4 amide bonds. The van der Waals surface area contributed by atoms with Crippen LogP contribution < -0.4 is 21.3 Å². The molecule has 12 fully saturated rings. The summed E-state index contributed by atoms with van der Waals surface area (Å²) in [5, 5.41) is 361. The molecule has 0 saturated carbocycles. The number of carbonyl (C=O) groups is 4. The summed E-state index contributed by atoms with van der Waals surface area (Å²) < 4.78 is 139. The number of hydrogen-bond acceptors (Lipinski definition) is 58. The Kier molecular flexibility index (Phi) is 41.2. The minimum atomic E-state index is -2.73. The van der Waals surface area contributed by atoms with Crippen LogP contribution >= 0.6 is 0 Å². The van der Waals surface area contributed by atoms with Crippen molar-refractivity contribution in [3.05, 3.63) is 0 Å². The van der Waals surface area contributed by atoms with E-state index in [0.717, 1.165) is 27.7 Å². The van der Waals surface area contributed by atoms with Gasteiger partial charge in [0, 0.05) is 27.7 Å². The molecule has 12 aliphatic heterocycles. The molecule has 12 saturated heterocycles. The summed E-state index contributed by atoms with van der Waals surface area (Å²) >= 11 is 0. The maximum atomic E-state index is 13.9. The van der Waals surface area contributed by atoms with Crippen LogP contribution in [0.5, 0.6) is 0 Å². The topological polar surface area (TPSA) is 956 Å². The molecule has 12 heterocycles. The highest BCUT2D eigenvalue weighted by Crippen LogP contribution is 2.43. The smallest absolute Gasteiger partial charge is 0.217 e. The zero-order valence-electron chi connectivity index (χ0n) is 76.9. The van der Waals surface area contributed by atoms with Gasteiger partial charge in [0.15, 0.2) is 75.5 Å². The molecule has 0 bridgehead atoms. The first kappa shape index (κ1) is 116. The molecule has 0 radical (unpaired) electrons. The first-order valence-corrected chi connectivity index (χ1v) is 45.7. The van der Waals surface area contributed by atoms with Gasteiger partial charge in [-0.25, -0.2) is 0 Å². The van der Waals surface area contributed by atoms with Crippen LogP contribution in [0.3, 0.4) is 0 Å². The minimum Gasteiger partial charge on any atom is -0.394 e. The van der Waals surface area contributed by atoms with Crippen LogP contribution in [0.15, 0.2) is 0 Å². The average Bonchev–Trinajstić information content (AvgIpc) is 0.753. The third-order valence-corrected chi connectivity index (χ3v) is 26.6. The van der Waals surface area contributed by atoms with Gasteiger partial charge in [-0.2, -0.15) is 0 Å². The highest BCUT2D eigenvalue weighted by atomic mass is 16.8. The van der Waals surface area contributed by atoms with Gasteiger partial charge in [0.1, 0.15) is 274 Å². The Hall–Kier alpha value is -4.28. The van der Waals surface area contributed by atoms with Crippen LogP contribution in [0.4, 0.5) is 0 Å². The van der Waals surface area contributed by atoms with Gasteiger partial charge < -0.3 is 289 Å². The van der Waals surface area contributed by atoms with E-state index in [4.69, 9.17) is 109 Å². The lowest BCUT2D eigenvalue weighted by atomic mass is 9.93. The second-order valence-electron chi connectivity index (χ2n) is 36.6. The van der Waals surface area contributed by atoms with Crippen molar-refractivity contribution in [3.8, 4) is 0 Å². The Labute approximate surface area is 805 Å². The van der Waals surface area contributed by atoms with Crippen molar-refractivity contribution in [2.24, 2.45) is 0 Å². The largest absolute Gasteiger partial charge is 0.394 e. The fourth-order valence-electron chi connectivity index (χ4n) is 18.6. The maximum absolute atomic E-state index is 13.9. The number of rotatable bonds is 35. The number of nitrogens with one attached hydrogen (secondary N) is 4. The Bertz CT molecular complexity index is 3940. The van der Waals surface area contributed by atoms with Crippen molar-refractivity contribution in [3.63, 3.8) is 0 Å². The Morgan fingerprint density at radius 3 is 0.866 bits per heavy atom. The third kappa shape index (κ3) is 25.4. The molecule has 60 atom stereocenters. The van der Waals surface area contributed by atoms with E-state index < -0.39 is 451 Å². The molecular formula is C80H134N4O58. The van der Waals surface area contributed by atoms with Gasteiger partial charge in [-0.3, -0.25) is 19.2 Å². The Balaban J connectivity index is 0.905. The van der Waals surface area contributed by atoms with Gasteiger partial charge in [-0.15, -0.1) is 0 Å². The lowest BCUT2D eigenvalue weighted by molar-refractivity contribution is -0.408. The average molecular weight is 2080 g/mol. The third-order valence-electron chi connectivity index (χ3n) is 26.6. The molecule has 12 rings (SSSR count). The van der Waals surface area contributed by atoms with Crippen LogP contribution in [-0.4, -0.2) is 610 Å². The second kappa shape index (κ2) is 50.3. The van der Waals surface area contributed by atoms with E-state index in [1.165, 1.54) is 20.8 Å². The van der Waals surface area contributed by atoms with Gasteiger partial charge in [0.2, 0.25) is 23.6 Å². The summed E-state index contributed by atoms with van der Waals surface area (Å²) in [6.45, 7) is -3.24. The molecule has 0 spiro atoms. The van der Waals surface area contributed by atoms with Crippen LogP contribution in [0.25, 0.3) is 0 Å². The quantitative estimate of drug-likeness (QED) is 0.0280.